The second-order valence-corrected chi connectivity index (χ2v) is 3.93. The first-order chi connectivity index (χ1) is 6.37. The zero-order valence-electron chi connectivity index (χ0n) is 7.10. The van der Waals surface area contributed by atoms with Gasteiger partial charge < -0.3 is 10.8 Å². The molecule has 2 rings (SSSR count). The molecule has 0 amide bonds. The zero-order chi connectivity index (χ0) is 10.6. The number of halogens is 3. The van der Waals surface area contributed by atoms with Crippen LogP contribution in [0.15, 0.2) is 18.2 Å². The van der Waals surface area contributed by atoms with Crippen LogP contribution in [0.2, 0.25) is 5.02 Å². The van der Waals surface area contributed by atoms with Crippen LogP contribution in [0.3, 0.4) is 0 Å². The summed E-state index contributed by atoms with van der Waals surface area (Å²) >= 11 is 5.59. The van der Waals surface area contributed by atoms with E-state index in [4.69, 9.17) is 22.4 Å². The van der Waals surface area contributed by atoms with Crippen molar-refractivity contribution in [3.05, 3.63) is 28.8 Å². The molecule has 0 aliphatic heterocycles. The molecular weight excluding hydrogens is 212 g/mol. The quantitative estimate of drug-likeness (QED) is 0.761. The van der Waals surface area contributed by atoms with Crippen LogP contribution >= 0.6 is 11.6 Å². The van der Waals surface area contributed by atoms with Gasteiger partial charge in [0.25, 0.3) is 5.92 Å². The van der Waals surface area contributed by atoms with Crippen molar-refractivity contribution >= 4 is 11.6 Å². The number of hydrogen-bond donors (Lipinski definition) is 2. The number of benzene rings is 1. The normalized spacial score (nSPS) is 28.9. The molecule has 2 nitrogen and oxygen atoms in total. The number of nitrogens with two attached hydrogens (primary N) is 1. The Morgan fingerprint density at radius 1 is 1.43 bits per heavy atom. The molecule has 0 heterocycles. The Labute approximate surface area is 84.3 Å². The molecule has 0 aromatic heterocycles. The second-order valence-electron chi connectivity index (χ2n) is 3.52. The monoisotopic (exact) mass is 219 g/mol. The summed E-state index contributed by atoms with van der Waals surface area (Å²) in [4.78, 5) is 0. The average molecular weight is 220 g/mol. The summed E-state index contributed by atoms with van der Waals surface area (Å²) in [5, 5.41) is 9.14. The first kappa shape index (κ1) is 9.68. The summed E-state index contributed by atoms with van der Waals surface area (Å²) in [5.41, 5.74) is 4.12. The molecule has 1 aromatic carbocycles. The van der Waals surface area contributed by atoms with Gasteiger partial charge in [-0.15, -0.1) is 0 Å². The number of rotatable bonds is 1. The number of phenols is 1. The van der Waals surface area contributed by atoms with Crippen molar-refractivity contribution in [2.45, 2.75) is 17.9 Å². The Bertz CT molecular complexity index is 396. The molecule has 1 aliphatic carbocycles. The summed E-state index contributed by atoms with van der Waals surface area (Å²) in [7, 11) is 0. The summed E-state index contributed by atoms with van der Waals surface area (Å²) < 4.78 is 25.7. The summed E-state index contributed by atoms with van der Waals surface area (Å²) in [5.74, 6) is -3.00. The van der Waals surface area contributed by atoms with Crippen LogP contribution in [-0.2, 0) is 5.54 Å². The lowest BCUT2D eigenvalue weighted by Crippen LogP contribution is -2.26. The first-order valence-electron chi connectivity index (χ1n) is 4.02. The van der Waals surface area contributed by atoms with Gasteiger partial charge in [-0.2, -0.15) is 0 Å². The van der Waals surface area contributed by atoms with E-state index in [2.05, 4.69) is 0 Å². The van der Waals surface area contributed by atoms with Crippen LogP contribution in [-0.4, -0.2) is 11.0 Å². The van der Waals surface area contributed by atoms with Gasteiger partial charge in [0.15, 0.2) is 0 Å². The fraction of sp³-hybridized carbons (Fsp3) is 0.333. The minimum Gasteiger partial charge on any atom is -0.506 e. The van der Waals surface area contributed by atoms with Crippen molar-refractivity contribution in [1.82, 2.24) is 0 Å². The third-order valence-corrected chi connectivity index (χ3v) is 2.79. The largest absolute Gasteiger partial charge is 0.506 e. The smallest absolute Gasteiger partial charge is 0.272 e. The molecule has 0 radical (unpaired) electrons. The van der Waals surface area contributed by atoms with E-state index in [9.17, 15) is 8.78 Å². The van der Waals surface area contributed by atoms with Crippen molar-refractivity contribution < 1.29 is 13.9 Å². The predicted molar refractivity (Wildman–Crippen MR) is 48.5 cm³/mol. The van der Waals surface area contributed by atoms with Gasteiger partial charge >= 0.3 is 0 Å². The molecule has 1 atom stereocenters. The minimum atomic E-state index is -2.87. The third-order valence-electron chi connectivity index (χ3n) is 2.49. The van der Waals surface area contributed by atoms with E-state index in [1.807, 2.05) is 0 Å². The van der Waals surface area contributed by atoms with E-state index in [1.165, 1.54) is 18.2 Å². The summed E-state index contributed by atoms with van der Waals surface area (Å²) in [6.45, 7) is 0. The zero-order valence-corrected chi connectivity index (χ0v) is 7.85. The van der Waals surface area contributed by atoms with E-state index in [-0.39, 0.29) is 22.8 Å². The SMILES string of the molecule is NC1(c2ccc(O)c(Cl)c2)CC1(F)F. The van der Waals surface area contributed by atoms with Crippen molar-refractivity contribution in [3.8, 4) is 5.75 Å². The molecule has 1 unspecified atom stereocenters. The van der Waals surface area contributed by atoms with Crippen LogP contribution in [0.5, 0.6) is 5.75 Å². The van der Waals surface area contributed by atoms with Crippen molar-refractivity contribution in [2.75, 3.05) is 0 Å². The molecule has 1 aromatic rings. The maximum Gasteiger partial charge on any atom is 0.272 e. The van der Waals surface area contributed by atoms with Gasteiger partial charge in [-0.25, -0.2) is 8.78 Å². The molecule has 0 saturated heterocycles. The van der Waals surface area contributed by atoms with Gasteiger partial charge in [-0.3, -0.25) is 0 Å². The van der Waals surface area contributed by atoms with E-state index in [0.29, 0.717) is 0 Å². The molecular formula is C9H8ClF2NO. The van der Waals surface area contributed by atoms with E-state index in [1.54, 1.807) is 0 Å². The molecule has 3 N–H and O–H groups in total. The first-order valence-corrected chi connectivity index (χ1v) is 4.40. The summed E-state index contributed by atoms with van der Waals surface area (Å²) in [6, 6.07) is 3.90. The lowest BCUT2D eigenvalue weighted by molar-refractivity contribution is 0.0891. The number of alkyl halides is 2. The highest BCUT2D eigenvalue weighted by Crippen LogP contribution is 2.57. The molecule has 14 heavy (non-hydrogen) atoms. The summed E-state index contributed by atoms with van der Waals surface area (Å²) in [6.07, 6.45) is -0.374. The number of hydrogen-bond acceptors (Lipinski definition) is 2. The fourth-order valence-electron chi connectivity index (χ4n) is 1.40. The standard InChI is InChI=1S/C9H8ClF2NO/c10-6-3-5(1-2-7(6)14)8(13)4-9(8,11)12/h1-3,14H,4,13H2. The molecule has 1 fully saturated rings. The van der Waals surface area contributed by atoms with Gasteiger partial charge in [0.05, 0.1) is 5.02 Å². The Morgan fingerprint density at radius 2 is 2.00 bits per heavy atom. The lowest BCUT2D eigenvalue weighted by Gasteiger charge is -2.11. The van der Waals surface area contributed by atoms with Gasteiger partial charge in [-0.05, 0) is 17.7 Å². The van der Waals surface area contributed by atoms with E-state index >= 15 is 0 Å². The highest BCUT2D eigenvalue weighted by atomic mass is 35.5. The van der Waals surface area contributed by atoms with Crippen molar-refractivity contribution in [3.63, 3.8) is 0 Å². The van der Waals surface area contributed by atoms with Gasteiger partial charge in [0.2, 0.25) is 0 Å². The Balaban J connectivity index is 2.40. The minimum absolute atomic E-state index is 0.0371. The van der Waals surface area contributed by atoms with Crippen LogP contribution in [0.1, 0.15) is 12.0 Å². The molecule has 76 valence electrons. The molecule has 5 heteroatoms. The molecule has 1 aliphatic rings. The van der Waals surface area contributed by atoms with Gasteiger partial charge in [0.1, 0.15) is 11.3 Å². The molecule has 0 spiro atoms. The average Bonchev–Trinajstić information content (AvgIpc) is 2.58. The topological polar surface area (TPSA) is 46.2 Å². The number of aromatic hydroxyl groups is 1. The van der Waals surface area contributed by atoms with Gasteiger partial charge in [-0.1, -0.05) is 17.7 Å². The Hall–Kier alpha value is -0.870. The maximum atomic E-state index is 12.9. The van der Waals surface area contributed by atoms with Crippen LogP contribution in [0, 0.1) is 0 Å². The fourth-order valence-corrected chi connectivity index (χ4v) is 1.58. The van der Waals surface area contributed by atoms with Crippen LogP contribution in [0.4, 0.5) is 8.78 Å². The highest BCUT2D eigenvalue weighted by Gasteiger charge is 2.69. The number of phenolic OH excluding ortho intramolecular Hbond substituents is 1. The maximum absolute atomic E-state index is 12.9. The van der Waals surface area contributed by atoms with Gasteiger partial charge in [0, 0.05) is 6.42 Å². The lowest BCUT2D eigenvalue weighted by atomic mass is 10.1. The Morgan fingerprint density at radius 3 is 2.43 bits per heavy atom. The van der Waals surface area contributed by atoms with Crippen molar-refractivity contribution in [2.24, 2.45) is 5.73 Å². The molecule has 0 bridgehead atoms. The molecule has 1 saturated carbocycles. The van der Waals surface area contributed by atoms with Crippen molar-refractivity contribution in [1.29, 1.82) is 0 Å². The predicted octanol–water partition coefficient (Wildman–Crippen LogP) is 2.24. The highest BCUT2D eigenvalue weighted by molar-refractivity contribution is 6.32. The second kappa shape index (κ2) is 2.58. The van der Waals surface area contributed by atoms with E-state index in [0.717, 1.165) is 0 Å². The third kappa shape index (κ3) is 1.18. The van der Waals surface area contributed by atoms with Crippen LogP contribution < -0.4 is 5.73 Å². The Kier molecular flexibility index (Phi) is 1.78. The van der Waals surface area contributed by atoms with Crippen LogP contribution in [0.25, 0.3) is 0 Å². The van der Waals surface area contributed by atoms with E-state index < -0.39 is 11.5 Å².